The lowest BCUT2D eigenvalue weighted by Gasteiger charge is -2.15. The van der Waals surface area contributed by atoms with E-state index in [1.54, 1.807) is 13.8 Å². The van der Waals surface area contributed by atoms with Crippen molar-refractivity contribution in [1.82, 2.24) is 5.32 Å². The summed E-state index contributed by atoms with van der Waals surface area (Å²) in [6.07, 6.45) is -0.204. The van der Waals surface area contributed by atoms with Gasteiger partial charge < -0.3 is 10.4 Å². The Hall–Kier alpha value is -1.66. The molecule has 1 aromatic carbocycles. The van der Waals surface area contributed by atoms with Gasteiger partial charge in [0.25, 0.3) is 11.6 Å². The number of benzene rings is 1. The summed E-state index contributed by atoms with van der Waals surface area (Å²) in [7, 11) is 0. The minimum absolute atomic E-state index is 0.0880. The maximum atomic E-state index is 12.0. The summed E-state index contributed by atoms with van der Waals surface area (Å²) in [5, 5.41) is 22.9. The van der Waals surface area contributed by atoms with Crippen LogP contribution in [0.15, 0.2) is 18.2 Å². The molecule has 1 aromatic rings. The van der Waals surface area contributed by atoms with Gasteiger partial charge in [0.1, 0.15) is 5.56 Å². The topological polar surface area (TPSA) is 92.5 Å². The Bertz CT molecular complexity index is 491. The Morgan fingerprint density at radius 2 is 2.16 bits per heavy atom. The lowest BCUT2D eigenvalue weighted by molar-refractivity contribution is -0.385. The van der Waals surface area contributed by atoms with Gasteiger partial charge in [-0.2, -0.15) is 0 Å². The molecule has 104 valence electrons. The second-order valence-electron chi connectivity index (χ2n) is 4.38. The molecule has 2 atom stereocenters. The third kappa shape index (κ3) is 4.50. The van der Waals surface area contributed by atoms with Crippen molar-refractivity contribution in [3.05, 3.63) is 38.9 Å². The summed E-state index contributed by atoms with van der Waals surface area (Å²) in [5.74, 6) is -0.581. The van der Waals surface area contributed by atoms with E-state index in [1.165, 1.54) is 18.2 Å². The highest BCUT2D eigenvalue weighted by Crippen LogP contribution is 2.22. The molecule has 1 rings (SSSR count). The average molecular weight is 287 g/mol. The number of aliphatic hydroxyl groups is 1. The first-order valence-electron chi connectivity index (χ1n) is 5.74. The van der Waals surface area contributed by atoms with Crippen molar-refractivity contribution in [3.63, 3.8) is 0 Å². The van der Waals surface area contributed by atoms with Gasteiger partial charge in [0, 0.05) is 17.1 Å². The first-order valence-corrected chi connectivity index (χ1v) is 6.12. The summed E-state index contributed by atoms with van der Waals surface area (Å²) in [6, 6.07) is 3.50. The summed E-state index contributed by atoms with van der Waals surface area (Å²) >= 11 is 5.74. The molecule has 7 heteroatoms. The zero-order valence-electron chi connectivity index (χ0n) is 10.6. The van der Waals surface area contributed by atoms with Crippen LogP contribution in [0.1, 0.15) is 30.6 Å². The van der Waals surface area contributed by atoms with Gasteiger partial charge in [-0.25, -0.2) is 0 Å². The molecule has 0 radical (unpaired) electrons. The first-order chi connectivity index (χ1) is 8.81. The fraction of sp³-hybridized carbons (Fsp3) is 0.417. The van der Waals surface area contributed by atoms with E-state index in [0.29, 0.717) is 6.42 Å². The number of amides is 1. The van der Waals surface area contributed by atoms with Gasteiger partial charge in [-0.3, -0.25) is 14.9 Å². The average Bonchev–Trinajstić information content (AvgIpc) is 2.26. The second kappa shape index (κ2) is 6.49. The number of rotatable bonds is 5. The van der Waals surface area contributed by atoms with E-state index in [4.69, 9.17) is 11.6 Å². The van der Waals surface area contributed by atoms with Crippen LogP contribution in [0, 0.1) is 10.1 Å². The molecule has 2 N–H and O–H groups in total. The van der Waals surface area contributed by atoms with E-state index in [-0.39, 0.29) is 22.3 Å². The fourth-order valence-electron chi connectivity index (χ4n) is 1.72. The van der Waals surface area contributed by atoms with E-state index in [9.17, 15) is 20.0 Å². The number of hydrogen-bond acceptors (Lipinski definition) is 4. The molecular weight excluding hydrogens is 272 g/mol. The summed E-state index contributed by atoms with van der Waals surface area (Å²) < 4.78 is 0. The molecule has 0 spiro atoms. The number of aliphatic hydroxyl groups excluding tert-OH is 1. The standard InChI is InChI=1S/C12H15ClN2O4/c1-7(5-8(2)16)14-12(17)10-6-9(13)3-4-11(10)15(18)19/h3-4,6-8,16H,5H2,1-2H3,(H,14,17). The molecule has 6 nitrogen and oxygen atoms in total. The lowest BCUT2D eigenvalue weighted by atomic mass is 10.1. The van der Waals surface area contributed by atoms with Gasteiger partial charge >= 0.3 is 0 Å². The smallest absolute Gasteiger partial charge is 0.282 e. The third-order valence-electron chi connectivity index (χ3n) is 2.47. The van der Waals surface area contributed by atoms with Crippen LogP contribution >= 0.6 is 11.6 Å². The molecule has 0 bridgehead atoms. The predicted octanol–water partition coefficient (Wildman–Crippen LogP) is 2.14. The molecule has 0 saturated carbocycles. The van der Waals surface area contributed by atoms with Gasteiger partial charge in [-0.05, 0) is 32.4 Å². The zero-order chi connectivity index (χ0) is 14.6. The van der Waals surface area contributed by atoms with E-state index < -0.39 is 16.9 Å². The van der Waals surface area contributed by atoms with Crippen LogP contribution in [0.2, 0.25) is 5.02 Å². The van der Waals surface area contributed by atoms with E-state index >= 15 is 0 Å². The second-order valence-corrected chi connectivity index (χ2v) is 4.81. The highest BCUT2D eigenvalue weighted by Gasteiger charge is 2.21. The molecule has 0 fully saturated rings. The molecule has 1 amide bonds. The van der Waals surface area contributed by atoms with Crippen LogP contribution in [-0.2, 0) is 0 Å². The summed E-state index contributed by atoms with van der Waals surface area (Å²) in [4.78, 5) is 22.2. The number of nitro groups is 1. The molecule has 0 saturated heterocycles. The molecule has 19 heavy (non-hydrogen) atoms. The fourth-order valence-corrected chi connectivity index (χ4v) is 1.89. The molecular formula is C12H15ClN2O4. The van der Waals surface area contributed by atoms with E-state index in [0.717, 1.165) is 0 Å². The third-order valence-corrected chi connectivity index (χ3v) is 2.71. The predicted molar refractivity (Wildman–Crippen MR) is 71.3 cm³/mol. The van der Waals surface area contributed by atoms with Crippen molar-refractivity contribution in [2.24, 2.45) is 0 Å². The molecule has 0 aromatic heterocycles. The molecule has 0 aliphatic carbocycles. The Morgan fingerprint density at radius 3 is 2.68 bits per heavy atom. The van der Waals surface area contributed by atoms with Crippen LogP contribution in [0.5, 0.6) is 0 Å². The van der Waals surface area contributed by atoms with Crippen molar-refractivity contribution in [1.29, 1.82) is 0 Å². The van der Waals surface area contributed by atoms with E-state index in [2.05, 4.69) is 5.32 Å². The number of nitro benzene ring substituents is 1. The maximum Gasteiger partial charge on any atom is 0.282 e. The largest absolute Gasteiger partial charge is 0.393 e. The Morgan fingerprint density at radius 1 is 1.53 bits per heavy atom. The van der Waals surface area contributed by atoms with E-state index in [1.807, 2.05) is 0 Å². The highest BCUT2D eigenvalue weighted by molar-refractivity contribution is 6.31. The Balaban J connectivity index is 2.92. The van der Waals surface area contributed by atoms with Gasteiger partial charge in [-0.15, -0.1) is 0 Å². The number of nitrogens with one attached hydrogen (secondary N) is 1. The minimum Gasteiger partial charge on any atom is -0.393 e. The molecule has 2 unspecified atom stereocenters. The van der Waals surface area contributed by atoms with Crippen LogP contribution in [0.3, 0.4) is 0 Å². The molecule has 0 aliphatic rings. The normalized spacial score (nSPS) is 13.7. The number of carbonyl (C=O) groups is 1. The quantitative estimate of drug-likeness (QED) is 0.640. The van der Waals surface area contributed by atoms with Gasteiger partial charge in [0.15, 0.2) is 0 Å². The summed E-state index contributed by atoms with van der Waals surface area (Å²) in [5.41, 5.74) is -0.388. The molecule has 0 heterocycles. The number of hydrogen-bond donors (Lipinski definition) is 2. The number of carbonyl (C=O) groups excluding carboxylic acids is 1. The number of nitrogens with zero attached hydrogens (tertiary/aromatic N) is 1. The lowest BCUT2D eigenvalue weighted by Crippen LogP contribution is -2.35. The van der Waals surface area contributed by atoms with Crippen LogP contribution in [-0.4, -0.2) is 28.1 Å². The maximum absolute atomic E-state index is 12.0. The Labute approximate surface area is 115 Å². The van der Waals surface area contributed by atoms with Crippen LogP contribution < -0.4 is 5.32 Å². The van der Waals surface area contributed by atoms with Gasteiger partial charge in [0.05, 0.1) is 11.0 Å². The zero-order valence-corrected chi connectivity index (χ0v) is 11.3. The summed E-state index contributed by atoms with van der Waals surface area (Å²) in [6.45, 7) is 3.31. The number of halogens is 1. The molecule has 0 aliphatic heterocycles. The highest BCUT2D eigenvalue weighted by atomic mass is 35.5. The van der Waals surface area contributed by atoms with Crippen molar-refractivity contribution in [3.8, 4) is 0 Å². The van der Waals surface area contributed by atoms with Crippen molar-refractivity contribution >= 4 is 23.2 Å². The Kier molecular flexibility index (Phi) is 5.26. The minimum atomic E-state index is -0.634. The SMILES string of the molecule is CC(O)CC(C)NC(=O)c1cc(Cl)ccc1[N+](=O)[O-]. The monoisotopic (exact) mass is 286 g/mol. The first kappa shape index (κ1) is 15.4. The van der Waals surface area contributed by atoms with Crippen LogP contribution in [0.25, 0.3) is 0 Å². The van der Waals surface area contributed by atoms with Gasteiger partial charge in [0.2, 0.25) is 0 Å². The van der Waals surface area contributed by atoms with Crippen molar-refractivity contribution in [2.75, 3.05) is 0 Å². The van der Waals surface area contributed by atoms with Crippen molar-refractivity contribution < 1.29 is 14.8 Å². The van der Waals surface area contributed by atoms with Crippen LogP contribution in [0.4, 0.5) is 5.69 Å². The van der Waals surface area contributed by atoms with Gasteiger partial charge in [-0.1, -0.05) is 11.6 Å². The van der Waals surface area contributed by atoms with Crippen molar-refractivity contribution in [2.45, 2.75) is 32.4 Å².